The lowest BCUT2D eigenvalue weighted by molar-refractivity contribution is -0.161. The van der Waals surface area contributed by atoms with E-state index in [1.807, 2.05) is 0 Å². The number of allylic oxidation sites excluding steroid dienone is 2. The van der Waals surface area contributed by atoms with Gasteiger partial charge < -0.3 is 19.3 Å². The van der Waals surface area contributed by atoms with Crippen molar-refractivity contribution < 1.29 is 37.9 Å². The Labute approximate surface area is 199 Å². The largest absolute Gasteiger partial charge is 0.469 e. The Morgan fingerprint density at radius 2 is 1.33 bits per heavy atom. The highest BCUT2D eigenvalue weighted by Gasteiger charge is 2.22. The van der Waals surface area contributed by atoms with Crippen LogP contribution in [-0.2, 0) is 28.2 Å². The average molecular weight is 493 g/mol. The van der Waals surface area contributed by atoms with Gasteiger partial charge in [-0.15, -0.1) is 0 Å². The van der Waals surface area contributed by atoms with Gasteiger partial charge in [0.25, 0.3) is 0 Å². The van der Waals surface area contributed by atoms with Crippen LogP contribution < -0.4 is 0 Å². The summed E-state index contributed by atoms with van der Waals surface area (Å²) < 4.78 is 25.8. The minimum atomic E-state index is -4.72. The molecule has 9 heteroatoms. The second-order valence-corrected chi connectivity index (χ2v) is 9.55. The summed E-state index contributed by atoms with van der Waals surface area (Å²) in [5.41, 5.74) is 0. The Balaban J connectivity index is 4.15. The number of carbonyl (C=O) groups is 2. The van der Waals surface area contributed by atoms with Crippen LogP contribution in [0.5, 0.6) is 0 Å². The van der Waals surface area contributed by atoms with Gasteiger partial charge in [-0.05, 0) is 32.1 Å². The summed E-state index contributed by atoms with van der Waals surface area (Å²) in [5, 5.41) is 0. The van der Waals surface area contributed by atoms with Gasteiger partial charge in [0.2, 0.25) is 0 Å². The fraction of sp³-hybridized carbons (Fsp3) is 0.833. The molecule has 0 aromatic heterocycles. The van der Waals surface area contributed by atoms with Gasteiger partial charge in [0.15, 0.2) is 6.10 Å². The van der Waals surface area contributed by atoms with Crippen LogP contribution in [0.3, 0.4) is 0 Å². The maximum atomic E-state index is 12.1. The van der Waals surface area contributed by atoms with E-state index in [0.29, 0.717) is 6.42 Å². The van der Waals surface area contributed by atoms with Crippen LogP contribution in [0.1, 0.15) is 110 Å². The van der Waals surface area contributed by atoms with Crippen molar-refractivity contribution in [3.63, 3.8) is 0 Å². The molecule has 0 aromatic carbocycles. The van der Waals surface area contributed by atoms with Crippen LogP contribution in [0.15, 0.2) is 12.2 Å². The van der Waals surface area contributed by atoms with E-state index in [2.05, 4.69) is 30.5 Å². The predicted molar refractivity (Wildman–Crippen MR) is 129 cm³/mol. The van der Waals surface area contributed by atoms with Crippen molar-refractivity contribution in [2.45, 2.75) is 116 Å². The van der Waals surface area contributed by atoms with Crippen LogP contribution in [0.4, 0.5) is 0 Å². The Kier molecular flexibility index (Phi) is 20.5. The van der Waals surface area contributed by atoms with Crippen LogP contribution in [0.25, 0.3) is 0 Å². The molecule has 194 valence electrons. The van der Waals surface area contributed by atoms with E-state index in [4.69, 9.17) is 19.3 Å². The van der Waals surface area contributed by atoms with Gasteiger partial charge in [-0.3, -0.25) is 14.1 Å². The molecule has 0 aliphatic rings. The summed E-state index contributed by atoms with van der Waals surface area (Å²) in [6, 6.07) is 0. The van der Waals surface area contributed by atoms with Gasteiger partial charge in [-0.1, -0.05) is 77.4 Å². The molecule has 2 N–H and O–H groups in total. The van der Waals surface area contributed by atoms with E-state index in [-0.39, 0.29) is 19.4 Å². The average Bonchev–Trinajstić information content (AvgIpc) is 2.76. The first kappa shape index (κ1) is 31.8. The van der Waals surface area contributed by atoms with Gasteiger partial charge in [0.05, 0.1) is 6.61 Å². The first-order valence-corrected chi connectivity index (χ1v) is 14.0. The van der Waals surface area contributed by atoms with Crippen LogP contribution in [0, 0.1) is 0 Å². The van der Waals surface area contributed by atoms with Crippen LogP contribution in [-0.4, -0.2) is 41.0 Å². The molecule has 0 aliphatic heterocycles. The van der Waals surface area contributed by atoms with Gasteiger partial charge in [-0.2, -0.15) is 0 Å². The zero-order valence-electron chi connectivity index (χ0n) is 20.5. The summed E-state index contributed by atoms with van der Waals surface area (Å²) in [6.45, 7) is 3.45. The summed E-state index contributed by atoms with van der Waals surface area (Å²) in [6.07, 6.45) is 17.1. The zero-order chi connectivity index (χ0) is 24.8. The number of carbonyl (C=O) groups excluding carboxylic acids is 2. The molecular weight excluding hydrogens is 447 g/mol. The standard InChI is InChI=1S/C24H45O8P/c1-3-5-7-9-10-11-12-13-15-17-19-24(26)32-22(21-31-33(27,28)29)20-30-23(25)18-16-14-8-6-4-2/h7,9,22H,3-6,8,10-21H2,1-2H3,(H2,27,28,29)/b9-7-. The van der Waals surface area contributed by atoms with Crippen LogP contribution >= 0.6 is 7.82 Å². The van der Waals surface area contributed by atoms with Crippen molar-refractivity contribution in [1.82, 2.24) is 0 Å². The van der Waals surface area contributed by atoms with Crippen molar-refractivity contribution in [2.24, 2.45) is 0 Å². The van der Waals surface area contributed by atoms with Crippen molar-refractivity contribution in [2.75, 3.05) is 13.2 Å². The number of unbranched alkanes of at least 4 members (excludes halogenated alkanes) is 10. The van der Waals surface area contributed by atoms with E-state index >= 15 is 0 Å². The molecule has 0 rings (SSSR count). The molecule has 0 aliphatic carbocycles. The third kappa shape index (κ3) is 23.7. The van der Waals surface area contributed by atoms with Crippen LogP contribution in [0.2, 0.25) is 0 Å². The fourth-order valence-corrected chi connectivity index (χ4v) is 3.50. The number of ether oxygens (including phenoxy) is 2. The number of rotatable bonds is 22. The first-order chi connectivity index (χ1) is 15.8. The van der Waals surface area contributed by atoms with Gasteiger partial charge in [0, 0.05) is 12.8 Å². The lowest BCUT2D eigenvalue weighted by atomic mass is 10.1. The van der Waals surface area contributed by atoms with E-state index in [1.165, 1.54) is 6.42 Å². The third-order valence-corrected chi connectivity index (χ3v) is 5.50. The number of esters is 2. The molecule has 0 amide bonds. The first-order valence-electron chi connectivity index (χ1n) is 12.5. The van der Waals surface area contributed by atoms with Crippen molar-refractivity contribution in [3.05, 3.63) is 12.2 Å². The summed E-state index contributed by atoms with van der Waals surface area (Å²) in [7, 11) is -4.72. The molecule has 0 heterocycles. The van der Waals surface area contributed by atoms with Gasteiger partial charge >= 0.3 is 19.8 Å². The second kappa shape index (κ2) is 21.3. The molecule has 0 spiro atoms. The number of hydrogen-bond acceptors (Lipinski definition) is 6. The number of phosphoric acid groups is 1. The predicted octanol–water partition coefficient (Wildman–Crippen LogP) is 6.00. The van der Waals surface area contributed by atoms with E-state index in [9.17, 15) is 14.2 Å². The van der Waals surface area contributed by atoms with Crippen molar-refractivity contribution in [3.8, 4) is 0 Å². The maximum Gasteiger partial charge on any atom is 0.469 e. The summed E-state index contributed by atoms with van der Waals surface area (Å²) >= 11 is 0. The van der Waals surface area contributed by atoms with E-state index in [1.54, 1.807) is 0 Å². The molecule has 1 unspecified atom stereocenters. The molecule has 1 atom stereocenters. The smallest absolute Gasteiger partial charge is 0.462 e. The second-order valence-electron chi connectivity index (χ2n) is 8.31. The maximum absolute atomic E-state index is 12.1. The number of phosphoric ester groups is 1. The summed E-state index contributed by atoms with van der Waals surface area (Å²) in [4.78, 5) is 41.8. The SMILES string of the molecule is CCC/C=C\CCCCCCCC(=O)OC(COC(=O)CCCCCCC)COP(=O)(O)O. The normalized spacial score (nSPS) is 12.7. The van der Waals surface area contributed by atoms with Crippen molar-refractivity contribution in [1.29, 1.82) is 0 Å². The highest BCUT2D eigenvalue weighted by Crippen LogP contribution is 2.35. The minimum absolute atomic E-state index is 0.203. The highest BCUT2D eigenvalue weighted by atomic mass is 31.2. The molecule has 0 bridgehead atoms. The Hall–Kier alpha value is -1.21. The molecule has 0 saturated carbocycles. The van der Waals surface area contributed by atoms with E-state index in [0.717, 1.165) is 70.6 Å². The topological polar surface area (TPSA) is 119 Å². The monoisotopic (exact) mass is 492 g/mol. The van der Waals surface area contributed by atoms with E-state index < -0.39 is 32.5 Å². The van der Waals surface area contributed by atoms with Gasteiger partial charge in [-0.25, -0.2) is 4.57 Å². The molecule has 0 aromatic rings. The Morgan fingerprint density at radius 3 is 1.97 bits per heavy atom. The number of hydrogen-bond donors (Lipinski definition) is 2. The molecular formula is C24H45O8P. The lowest BCUT2D eigenvalue weighted by Gasteiger charge is -2.18. The third-order valence-electron chi connectivity index (χ3n) is 5.02. The molecule has 8 nitrogen and oxygen atoms in total. The lowest BCUT2D eigenvalue weighted by Crippen LogP contribution is -2.29. The molecule has 0 radical (unpaired) electrons. The zero-order valence-corrected chi connectivity index (χ0v) is 21.4. The molecule has 0 fully saturated rings. The quantitative estimate of drug-likeness (QED) is 0.0817. The molecule has 0 saturated heterocycles. The Bertz CT molecular complexity index is 573. The van der Waals surface area contributed by atoms with Gasteiger partial charge in [0.1, 0.15) is 6.61 Å². The summed E-state index contributed by atoms with van der Waals surface area (Å²) in [5.74, 6) is -0.916. The fourth-order valence-electron chi connectivity index (χ4n) is 3.14. The highest BCUT2D eigenvalue weighted by molar-refractivity contribution is 7.46. The Morgan fingerprint density at radius 1 is 0.758 bits per heavy atom. The molecule has 33 heavy (non-hydrogen) atoms. The van der Waals surface area contributed by atoms with Crippen molar-refractivity contribution >= 4 is 19.8 Å². The minimum Gasteiger partial charge on any atom is -0.462 e.